The highest BCUT2D eigenvalue weighted by atomic mass is 15.3. The average molecular weight is 249 g/mol. The van der Waals surface area contributed by atoms with E-state index in [1.165, 1.54) is 0 Å². The first-order valence-electron chi connectivity index (χ1n) is 5.83. The highest BCUT2D eigenvalue weighted by molar-refractivity contribution is 5.67. The second-order valence-electron chi connectivity index (χ2n) is 4.11. The molecule has 19 heavy (non-hydrogen) atoms. The van der Waals surface area contributed by atoms with Gasteiger partial charge >= 0.3 is 0 Å². The lowest BCUT2D eigenvalue weighted by Gasteiger charge is -2.19. The molecule has 3 aromatic rings. The predicted molar refractivity (Wildman–Crippen MR) is 72.2 cm³/mol. The summed E-state index contributed by atoms with van der Waals surface area (Å²) >= 11 is 0. The molecule has 0 radical (unpaired) electrons. The molecule has 92 valence electrons. The van der Waals surface area contributed by atoms with Crippen LogP contribution < -0.4 is 4.90 Å². The lowest BCUT2D eigenvalue weighted by Crippen LogP contribution is -2.13. The molecular formula is C14H11N5. The molecule has 5 heteroatoms. The van der Waals surface area contributed by atoms with Gasteiger partial charge in [-0.15, -0.1) is 0 Å². The van der Waals surface area contributed by atoms with Crippen LogP contribution in [0.5, 0.6) is 0 Å². The molecule has 0 saturated carbocycles. The third-order valence-electron chi connectivity index (χ3n) is 2.97. The Kier molecular flexibility index (Phi) is 2.62. The molecule has 0 spiro atoms. The van der Waals surface area contributed by atoms with Gasteiger partial charge in [-0.2, -0.15) is 10.4 Å². The summed E-state index contributed by atoms with van der Waals surface area (Å²) in [5.41, 5.74) is 2.24. The molecule has 3 rings (SSSR count). The number of para-hydroxylation sites is 1. The van der Waals surface area contributed by atoms with Crippen molar-refractivity contribution in [1.29, 1.82) is 5.26 Å². The van der Waals surface area contributed by atoms with Crippen LogP contribution in [0.1, 0.15) is 5.56 Å². The van der Waals surface area contributed by atoms with E-state index in [4.69, 9.17) is 5.26 Å². The zero-order chi connectivity index (χ0) is 13.2. The van der Waals surface area contributed by atoms with Crippen LogP contribution in [0.2, 0.25) is 0 Å². The SMILES string of the molecule is CN(c1ccn2nccc2n1)c1ccccc1C#N. The highest BCUT2D eigenvalue weighted by Crippen LogP contribution is 2.25. The van der Waals surface area contributed by atoms with E-state index in [1.807, 2.05) is 48.5 Å². The lowest BCUT2D eigenvalue weighted by atomic mass is 10.2. The first-order valence-corrected chi connectivity index (χ1v) is 5.83. The van der Waals surface area contributed by atoms with Crippen LogP contribution in [-0.4, -0.2) is 21.6 Å². The standard InChI is InChI=1S/C14H11N5/c1-18(12-5-3-2-4-11(12)10-15)13-7-9-19-14(17-13)6-8-16-19/h2-9H,1H3. The van der Waals surface area contributed by atoms with Crippen LogP contribution in [0.4, 0.5) is 11.5 Å². The molecule has 0 atom stereocenters. The molecular weight excluding hydrogens is 238 g/mol. The maximum Gasteiger partial charge on any atom is 0.157 e. The van der Waals surface area contributed by atoms with Crippen LogP contribution in [0.25, 0.3) is 5.65 Å². The van der Waals surface area contributed by atoms with Crippen molar-refractivity contribution in [1.82, 2.24) is 14.6 Å². The molecule has 0 aliphatic rings. The third-order valence-corrected chi connectivity index (χ3v) is 2.97. The maximum absolute atomic E-state index is 9.14. The number of benzene rings is 1. The van der Waals surface area contributed by atoms with Gasteiger partial charge in [0.15, 0.2) is 5.65 Å². The largest absolute Gasteiger partial charge is 0.328 e. The van der Waals surface area contributed by atoms with Gasteiger partial charge in [0.1, 0.15) is 11.9 Å². The summed E-state index contributed by atoms with van der Waals surface area (Å²) in [4.78, 5) is 6.40. The van der Waals surface area contributed by atoms with Crippen molar-refractivity contribution in [2.24, 2.45) is 0 Å². The van der Waals surface area contributed by atoms with Crippen molar-refractivity contribution in [2.75, 3.05) is 11.9 Å². The van der Waals surface area contributed by atoms with Gasteiger partial charge in [-0.05, 0) is 18.2 Å². The Balaban J connectivity index is 2.08. The first-order chi connectivity index (χ1) is 9.29. The van der Waals surface area contributed by atoms with Crippen LogP contribution in [0.15, 0.2) is 48.8 Å². The molecule has 0 fully saturated rings. The van der Waals surface area contributed by atoms with E-state index in [-0.39, 0.29) is 0 Å². The molecule has 1 aromatic carbocycles. The summed E-state index contributed by atoms with van der Waals surface area (Å²) in [5, 5.41) is 13.3. The van der Waals surface area contributed by atoms with Gasteiger partial charge in [-0.3, -0.25) is 0 Å². The second-order valence-corrected chi connectivity index (χ2v) is 4.11. The van der Waals surface area contributed by atoms with Gasteiger partial charge in [0.2, 0.25) is 0 Å². The van der Waals surface area contributed by atoms with Crippen LogP contribution in [0, 0.1) is 11.3 Å². The van der Waals surface area contributed by atoms with Crippen molar-refractivity contribution in [3.05, 3.63) is 54.4 Å². The van der Waals surface area contributed by atoms with E-state index >= 15 is 0 Å². The number of nitrogens with zero attached hydrogens (tertiary/aromatic N) is 5. The summed E-state index contributed by atoms with van der Waals surface area (Å²) in [7, 11) is 1.89. The molecule has 0 aliphatic heterocycles. The number of fused-ring (bicyclic) bond motifs is 1. The second kappa shape index (κ2) is 4.42. The zero-order valence-corrected chi connectivity index (χ0v) is 10.4. The van der Waals surface area contributed by atoms with Crippen molar-refractivity contribution in [3.8, 4) is 6.07 Å². The molecule has 0 unspecified atom stereocenters. The topological polar surface area (TPSA) is 57.2 Å². The molecule has 0 aliphatic carbocycles. The fraction of sp³-hybridized carbons (Fsp3) is 0.0714. The molecule has 5 nitrogen and oxygen atoms in total. The van der Waals surface area contributed by atoms with E-state index in [0.29, 0.717) is 5.56 Å². The van der Waals surface area contributed by atoms with E-state index in [2.05, 4.69) is 16.2 Å². The number of rotatable bonds is 2. The number of anilines is 2. The number of hydrogen-bond donors (Lipinski definition) is 0. The van der Waals surface area contributed by atoms with Crippen molar-refractivity contribution in [2.45, 2.75) is 0 Å². The Morgan fingerprint density at radius 2 is 2.05 bits per heavy atom. The number of hydrogen-bond acceptors (Lipinski definition) is 4. The summed E-state index contributed by atoms with van der Waals surface area (Å²) in [5.74, 6) is 0.774. The van der Waals surface area contributed by atoms with Gasteiger partial charge in [0.05, 0.1) is 17.4 Å². The summed E-state index contributed by atoms with van der Waals surface area (Å²) in [6.07, 6.45) is 3.55. The first kappa shape index (κ1) is 11.2. The van der Waals surface area contributed by atoms with Crippen LogP contribution >= 0.6 is 0 Å². The molecule has 0 amide bonds. The van der Waals surface area contributed by atoms with Crippen LogP contribution in [0.3, 0.4) is 0 Å². The maximum atomic E-state index is 9.14. The Hall–Kier alpha value is -2.87. The quantitative estimate of drug-likeness (QED) is 0.699. The van der Waals surface area contributed by atoms with Gasteiger partial charge in [0, 0.05) is 19.3 Å². The van der Waals surface area contributed by atoms with Gasteiger partial charge < -0.3 is 4.90 Å². The normalized spacial score (nSPS) is 10.3. The van der Waals surface area contributed by atoms with Crippen molar-refractivity contribution < 1.29 is 0 Å². The third kappa shape index (κ3) is 1.89. The average Bonchev–Trinajstić information content (AvgIpc) is 2.93. The molecule has 0 saturated heterocycles. The monoisotopic (exact) mass is 249 g/mol. The van der Waals surface area contributed by atoms with Crippen LogP contribution in [-0.2, 0) is 0 Å². The number of nitriles is 1. The minimum Gasteiger partial charge on any atom is -0.328 e. The minimum atomic E-state index is 0.625. The predicted octanol–water partition coefficient (Wildman–Crippen LogP) is 2.37. The van der Waals surface area contributed by atoms with Gasteiger partial charge in [-0.25, -0.2) is 9.50 Å². The molecule has 2 aromatic heterocycles. The summed E-state index contributed by atoms with van der Waals surface area (Å²) in [6.45, 7) is 0. The molecule has 0 N–H and O–H groups in total. The Morgan fingerprint density at radius 1 is 1.21 bits per heavy atom. The van der Waals surface area contributed by atoms with Crippen molar-refractivity contribution in [3.63, 3.8) is 0 Å². The van der Waals surface area contributed by atoms with Gasteiger partial charge in [0.25, 0.3) is 0 Å². The number of aromatic nitrogens is 3. The van der Waals surface area contributed by atoms with E-state index in [9.17, 15) is 0 Å². The Bertz CT molecular complexity index is 769. The smallest absolute Gasteiger partial charge is 0.157 e. The van der Waals surface area contributed by atoms with Gasteiger partial charge in [-0.1, -0.05) is 12.1 Å². The van der Waals surface area contributed by atoms with E-state index in [0.717, 1.165) is 17.2 Å². The Labute approximate surface area is 110 Å². The fourth-order valence-electron chi connectivity index (χ4n) is 1.97. The fourth-order valence-corrected chi connectivity index (χ4v) is 1.97. The zero-order valence-electron chi connectivity index (χ0n) is 10.4. The molecule has 0 bridgehead atoms. The van der Waals surface area contributed by atoms with E-state index in [1.54, 1.807) is 16.8 Å². The lowest BCUT2D eigenvalue weighted by molar-refractivity contribution is 0.933. The summed E-state index contributed by atoms with van der Waals surface area (Å²) < 4.78 is 1.70. The van der Waals surface area contributed by atoms with Crippen molar-refractivity contribution >= 4 is 17.2 Å². The molecule has 2 heterocycles. The van der Waals surface area contributed by atoms with E-state index < -0.39 is 0 Å². The highest BCUT2D eigenvalue weighted by Gasteiger charge is 2.10. The summed E-state index contributed by atoms with van der Waals surface area (Å²) in [6, 6.07) is 13.4. The minimum absolute atomic E-state index is 0.625. The Morgan fingerprint density at radius 3 is 2.89 bits per heavy atom.